The number of benzene rings is 2. The predicted molar refractivity (Wildman–Crippen MR) is 196 cm³/mol. The molecule has 0 bridgehead atoms. The van der Waals surface area contributed by atoms with Crippen molar-refractivity contribution in [3.63, 3.8) is 0 Å². The highest BCUT2D eigenvalue weighted by molar-refractivity contribution is 6.09. The largest absolute Gasteiger partial charge is 0.341 e. The molecule has 0 spiro atoms. The maximum absolute atomic E-state index is 15.4. The lowest BCUT2D eigenvalue weighted by atomic mass is 9.71. The fraction of sp³-hybridized carbons (Fsp3) is 0.500. The van der Waals surface area contributed by atoms with Gasteiger partial charge in [0.05, 0.1) is 28.6 Å². The van der Waals surface area contributed by atoms with E-state index in [9.17, 15) is 18.4 Å². The molecule has 0 atom stereocenters. The second-order valence-corrected chi connectivity index (χ2v) is 16.3. The third-order valence-corrected chi connectivity index (χ3v) is 12.0. The van der Waals surface area contributed by atoms with E-state index in [0.717, 1.165) is 48.8 Å². The van der Waals surface area contributed by atoms with Gasteiger partial charge in [0.2, 0.25) is 5.91 Å². The number of piperidine rings is 1. The number of aromatic nitrogens is 3. The fourth-order valence-corrected chi connectivity index (χ4v) is 8.54. The van der Waals surface area contributed by atoms with Crippen molar-refractivity contribution in [2.45, 2.75) is 115 Å². The summed E-state index contributed by atoms with van der Waals surface area (Å²) in [6.07, 6.45) is 5.00. The van der Waals surface area contributed by atoms with Crippen molar-refractivity contribution in [1.82, 2.24) is 24.8 Å². The molecule has 8 rings (SSSR count). The van der Waals surface area contributed by atoms with E-state index in [1.54, 1.807) is 6.33 Å². The normalized spacial score (nSPS) is 23.6. The van der Waals surface area contributed by atoms with E-state index in [1.165, 1.54) is 31.4 Å². The SMILES string of the molecule is CC(C)n1cnc2cc(-c3ccc4c(c3)N([C@H]3C[C@@](C)(N5CCCCC5)C3)C(=O)C4(C)C)nc(Nc3cc(C(=O)NC4(C(F)F)CC4)ccc3F)c21. The van der Waals surface area contributed by atoms with Gasteiger partial charge in [0.1, 0.15) is 16.9 Å². The summed E-state index contributed by atoms with van der Waals surface area (Å²) in [4.78, 5) is 41.4. The highest BCUT2D eigenvalue weighted by Gasteiger charge is 2.54. The summed E-state index contributed by atoms with van der Waals surface area (Å²) in [5.74, 6) is -0.893. The van der Waals surface area contributed by atoms with Gasteiger partial charge in [-0.05, 0) is 122 Å². The Bertz CT molecular complexity index is 2080. The van der Waals surface area contributed by atoms with E-state index in [0.29, 0.717) is 22.5 Å². The second kappa shape index (κ2) is 12.3. The van der Waals surface area contributed by atoms with Crippen molar-refractivity contribution in [1.29, 1.82) is 0 Å². The van der Waals surface area contributed by atoms with Gasteiger partial charge in [0.25, 0.3) is 12.3 Å². The second-order valence-electron chi connectivity index (χ2n) is 16.3. The summed E-state index contributed by atoms with van der Waals surface area (Å²) in [5, 5.41) is 5.56. The molecule has 12 heteroatoms. The molecule has 52 heavy (non-hydrogen) atoms. The van der Waals surface area contributed by atoms with Crippen LogP contribution in [0.25, 0.3) is 22.3 Å². The first-order valence-electron chi connectivity index (χ1n) is 18.5. The number of nitrogens with zero attached hydrogens (tertiary/aromatic N) is 5. The first-order valence-corrected chi connectivity index (χ1v) is 18.5. The molecule has 0 unspecified atom stereocenters. The van der Waals surface area contributed by atoms with Gasteiger partial charge in [-0.3, -0.25) is 14.5 Å². The minimum absolute atomic E-state index is 0.00383. The van der Waals surface area contributed by atoms with Crippen molar-refractivity contribution in [2.75, 3.05) is 23.3 Å². The molecule has 274 valence electrons. The van der Waals surface area contributed by atoms with Gasteiger partial charge < -0.3 is 20.1 Å². The molecule has 2 saturated carbocycles. The van der Waals surface area contributed by atoms with Gasteiger partial charge in [-0.15, -0.1) is 0 Å². The molecule has 1 saturated heterocycles. The van der Waals surface area contributed by atoms with Gasteiger partial charge in [-0.2, -0.15) is 0 Å². The summed E-state index contributed by atoms with van der Waals surface area (Å²) in [6.45, 7) is 12.5. The number of carbonyl (C=O) groups excluding carboxylic acids is 2. The molecule has 4 heterocycles. The number of anilines is 3. The van der Waals surface area contributed by atoms with Crippen LogP contribution < -0.4 is 15.5 Å². The van der Waals surface area contributed by atoms with Crippen LogP contribution in [-0.2, 0) is 10.2 Å². The summed E-state index contributed by atoms with van der Waals surface area (Å²) in [5.41, 5.74) is 2.44. The number of fused-ring (bicyclic) bond motifs is 2. The Hall–Kier alpha value is -4.45. The fourth-order valence-electron chi connectivity index (χ4n) is 8.54. The molecular formula is C40H46F3N7O2. The van der Waals surface area contributed by atoms with E-state index in [2.05, 4.69) is 27.4 Å². The highest BCUT2D eigenvalue weighted by Crippen LogP contribution is 2.50. The number of amides is 2. The first-order chi connectivity index (χ1) is 24.7. The Morgan fingerprint density at radius 2 is 1.71 bits per heavy atom. The van der Waals surface area contributed by atoms with Crippen molar-refractivity contribution in [3.05, 3.63) is 65.7 Å². The monoisotopic (exact) mass is 713 g/mol. The van der Waals surface area contributed by atoms with Crippen LogP contribution in [-0.4, -0.2) is 67.9 Å². The van der Waals surface area contributed by atoms with E-state index in [1.807, 2.05) is 61.4 Å². The third-order valence-electron chi connectivity index (χ3n) is 12.0. The Kier molecular flexibility index (Phi) is 8.20. The number of hydrogen-bond donors (Lipinski definition) is 2. The van der Waals surface area contributed by atoms with Crippen molar-refractivity contribution in [2.24, 2.45) is 0 Å². The van der Waals surface area contributed by atoms with Gasteiger partial charge in [-0.1, -0.05) is 18.6 Å². The number of rotatable bonds is 9. The topological polar surface area (TPSA) is 95.4 Å². The summed E-state index contributed by atoms with van der Waals surface area (Å²) in [6, 6.07) is 11.8. The number of hydrogen-bond acceptors (Lipinski definition) is 6. The summed E-state index contributed by atoms with van der Waals surface area (Å²) < 4.78 is 44.5. The van der Waals surface area contributed by atoms with Crippen LogP contribution in [0, 0.1) is 5.82 Å². The number of alkyl halides is 2. The molecule has 2 aliphatic heterocycles. The van der Waals surface area contributed by atoms with Gasteiger partial charge in [0.15, 0.2) is 5.82 Å². The van der Waals surface area contributed by atoms with Gasteiger partial charge in [-0.25, -0.2) is 23.1 Å². The molecular weight excluding hydrogens is 667 g/mol. The Morgan fingerprint density at radius 3 is 2.38 bits per heavy atom. The van der Waals surface area contributed by atoms with Crippen LogP contribution in [0.1, 0.15) is 102 Å². The summed E-state index contributed by atoms with van der Waals surface area (Å²) in [7, 11) is 0. The average Bonchev–Trinajstić information content (AvgIpc) is 3.71. The number of imidazole rings is 1. The molecule has 4 aliphatic rings. The zero-order chi connectivity index (χ0) is 36.7. The number of carbonyl (C=O) groups is 2. The van der Waals surface area contributed by atoms with Crippen LogP contribution in [0.3, 0.4) is 0 Å². The van der Waals surface area contributed by atoms with Crippen LogP contribution in [0.15, 0.2) is 48.8 Å². The molecule has 2 amide bonds. The quantitative estimate of drug-likeness (QED) is 0.182. The van der Waals surface area contributed by atoms with Gasteiger partial charge in [0, 0.05) is 34.4 Å². The van der Waals surface area contributed by atoms with Crippen molar-refractivity contribution >= 4 is 40.0 Å². The third kappa shape index (κ3) is 5.64. The molecule has 2 aromatic carbocycles. The molecule has 2 aromatic heterocycles. The van der Waals surface area contributed by atoms with E-state index in [4.69, 9.17) is 4.98 Å². The standard InChI is InChI=1S/C40H46F3N7O2/c1-23(2)49-22-44-31-19-29(45-34(33(31)49)46-30-17-25(10-12-28(30)41)35(51)47-40(13-14-40)36(42)43)24-9-11-27-32(18-24)50(37(52)38(27,3)4)26-20-39(5,21-26)48-15-7-6-8-16-48/h9-12,17-19,22-23,26,36H,6-8,13-16,20-21H2,1-5H3,(H,45,46)(H,47,51)/t26-,39+. The van der Waals surface area contributed by atoms with Crippen LogP contribution in [0.4, 0.5) is 30.4 Å². The molecule has 2 N–H and O–H groups in total. The Morgan fingerprint density at radius 1 is 0.981 bits per heavy atom. The highest BCUT2D eigenvalue weighted by atomic mass is 19.3. The van der Waals surface area contributed by atoms with Crippen molar-refractivity contribution in [3.8, 4) is 11.3 Å². The van der Waals surface area contributed by atoms with Crippen LogP contribution in [0.5, 0.6) is 0 Å². The Balaban J connectivity index is 1.14. The summed E-state index contributed by atoms with van der Waals surface area (Å²) >= 11 is 0. The molecule has 0 radical (unpaired) electrons. The molecule has 9 nitrogen and oxygen atoms in total. The number of likely N-dealkylation sites (tertiary alicyclic amines) is 1. The smallest absolute Gasteiger partial charge is 0.261 e. The van der Waals surface area contributed by atoms with E-state index in [-0.39, 0.29) is 47.6 Å². The molecule has 4 aromatic rings. The van der Waals surface area contributed by atoms with Crippen LogP contribution in [0.2, 0.25) is 0 Å². The number of pyridine rings is 1. The number of halogens is 3. The van der Waals surface area contributed by atoms with Crippen LogP contribution >= 0.6 is 0 Å². The lowest BCUT2D eigenvalue weighted by molar-refractivity contribution is -0.123. The number of nitrogens with one attached hydrogen (secondary N) is 2. The molecule has 2 aliphatic carbocycles. The average molecular weight is 714 g/mol. The minimum Gasteiger partial charge on any atom is -0.341 e. The first kappa shape index (κ1) is 34.6. The minimum atomic E-state index is -2.69. The van der Waals surface area contributed by atoms with E-state index < -0.39 is 29.1 Å². The lowest BCUT2D eigenvalue weighted by Gasteiger charge is -2.55. The zero-order valence-corrected chi connectivity index (χ0v) is 30.4. The predicted octanol–water partition coefficient (Wildman–Crippen LogP) is 8.12. The maximum atomic E-state index is 15.4. The zero-order valence-electron chi connectivity index (χ0n) is 30.4. The lowest BCUT2D eigenvalue weighted by Crippen LogP contribution is -2.64. The molecule has 3 fully saturated rings. The maximum Gasteiger partial charge on any atom is 0.261 e. The Labute approximate surface area is 302 Å². The van der Waals surface area contributed by atoms with E-state index >= 15 is 4.39 Å². The van der Waals surface area contributed by atoms with Gasteiger partial charge >= 0.3 is 0 Å². The van der Waals surface area contributed by atoms with Crippen molar-refractivity contribution < 1.29 is 22.8 Å².